The highest BCUT2D eigenvalue weighted by Crippen LogP contribution is 2.40. The van der Waals surface area contributed by atoms with Crippen molar-refractivity contribution >= 4 is 0 Å². The molecule has 2 aliphatic rings. The average molecular weight is 427 g/mol. The van der Waals surface area contributed by atoms with Gasteiger partial charge in [-0.05, 0) is 73.1 Å². The van der Waals surface area contributed by atoms with Crippen molar-refractivity contribution in [1.82, 2.24) is 0 Å². The van der Waals surface area contributed by atoms with Crippen LogP contribution in [0.25, 0.3) is 11.1 Å². The predicted octanol–water partition coefficient (Wildman–Crippen LogP) is 8.35. The van der Waals surface area contributed by atoms with Gasteiger partial charge in [0.05, 0.1) is 6.61 Å². The van der Waals surface area contributed by atoms with Crippen LogP contribution in [0.5, 0.6) is 5.75 Å². The maximum Gasteiger partial charge on any atom is 0.201 e. The Morgan fingerprint density at radius 1 is 0.774 bits per heavy atom. The molecule has 3 heteroatoms. The molecule has 0 heterocycles. The molecular formula is C28H36F2O. The van der Waals surface area contributed by atoms with E-state index in [0.29, 0.717) is 23.7 Å². The zero-order valence-corrected chi connectivity index (χ0v) is 18.8. The van der Waals surface area contributed by atoms with E-state index in [1.807, 2.05) is 24.3 Å². The largest absolute Gasteiger partial charge is 0.490 e. The van der Waals surface area contributed by atoms with E-state index < -0.39 is 11.6 Å². The van der Waals surface area contributed by atoms with Crippen molar-refractivity contribution in [2.24, 2.45) is 17.8 Å². The Bertz CT molecular complexity index is 831. The molecule has 0 radical (unpaired) electrons. The molecule has 1 nitrogen and oxygen atoms in total. The number of ether oxygens (including phenoxy) is 1. The van der Waals surface area contributed by atoms with Gasteiger partial charge >= 0.3 is 0 Å². The van der Waals surface area contributed by atoms with Crippen molar-refractivity contribution in [3.8, 4) is 16.9 Å². The molecule has 0 amide bonds. The van der Waals surface area contributed by atoms with Gasteiger partial charge in [0, 0.05) is 5.56 Å². The fourth-order valence-electron chi connectivity index (χ4n) is 5.65. The summed E-state index contributed by atoms with van der Waals surface area (Å²) in [6, 6.07) is 10.9. The lowest BCUT2D eigenvalue weighted by atomic mass is 9.71. The van der Waals surface area contributed by atoms with E-state index in [4.69, 9.17) is 4.74 Å². The minimum Gasteiger partial charge on any atom is -0.490 e. The second-order valence-electron chi connectivity index (χ2n) is 9.68. The van der Waals surface area contributed by atoms with Crippen LogP contribution in [0.3, 0.4) is 0 Å². The number of rotatable bonds is 7. The van der Waals surface area contributed by atoms with Gasteiger partial charge in [-0.2, -0.15) is 4.39 Å². The first-order valence-corrected chi connectivity index (χ1v) is 12.4. The van der Waals surface area contributed by atoms with Crippen molar-refractivity contribution in [1.29, 1.82) is 0 Å². The number of hydrogen-bond acceptors (Lipinski definition) is 1. The zero-order valence-electron chi connectivity index (χ0n) is 18.8. The maximum absolute atomic E-state index is 14.8. The van der Waals surface area contributed by atoms with Crippen LogP contribution in [0.4, 0.5) is 8.78 Å². The molecule has 0 unspecified atom stereocenters. The molecule has 2 fully saturated rings. The molecule has 2 aromatic rings. The Morgan fingerprint density at radius 3 is 2.13 bits per heavy atom. The fraction of sp³-hybridized carbons (Fsp3) is 0.571. The van der Waals surface area contributed by atoms with Gasteiger partial charge in [-0.1, -0.05) is 69.7 Å². The first-order valence-electron chi connectivity index (χ1n) is 12.4. The quantitative estimate of drug-likeness (QED) is 0.432. The van der Waals surface area contributed by atoms with Crippen molar-refractivity contribution < 1.29 is 13.5 Å². The number of hydrogen-bond donors (Lipinski definition) is 0. The first-order chi connectivity index (χ1) is 15.2. The summed E-state index contributed by atoms with van der Waals surface area (Å²) >= 11 is 0. The summed E-state index contributed by atoms with van der Waals surface area (Å²) in [5.74, 6) is 0.596. The van der Waals surface area contributed by atoms with E-state index in [1.54, 1.807) is 12.1 Å². The second-order valence-corrected chi connectivity index (χ2v) is 9.68. The van der Waals surface area contributed by atoms with Gasteiger partial charge in [0.25, 0.3) is 0 Å². The highest BCUT2D eigenvalue weighted by atomic mass is 19.2. The minimum atomic E-state index is -0.869. The monoisotopic (exact) mass is 426 g/mol. The third-order valence-electron chi connectivity index (χ3n) is 7.53. The SMILES string of the molecule is CCCc1ccc(-c2ccc(OCC3CCC(C4CCCCC4)CC3)c(F)c2F)cc1. The average Bonchev–Trinajstić information content (AvgIpc) is 2.82. The normalized spacial score (nSPS) is 22.4. The van der Waals surface area contributed by atoms with Gasteiger partial charge in [-0.25, -0.2) is 4.39 Å². The molecule has 2 saturated carbocycles. The van der Waals surface area contributed by atoms with Crippen LogP contribution in [-0.2, 0) is 6.42 Å². The molecule has 0 atom stereocenters. The van der Waals surface area contributed by atoms with Gasteiger partial charge in [0.2, 0.25) is 5.82 Å². The molecule has 2 aromatic carbocycles. The molecule has 4 rings (SSSR count). The van der Waals surface area contributed by atoms with Gasteiger partial charge in [0.15, 0.2) is 11.6 Å². The second kappa shape index (κ2) is 10.6. The molecule has 0 spiro atoms. The van der Waals surface area contributed by atoms with Crippen LogP contribution < -0.4 is 4.74 Å². The molecular weight excluding hydrogens is 390 g/mol. The summed E-state index contributed by atoms with van der Waals surface area (Å²) in [6.45, 7) is 2.61. The van der Waals surface area contributed by atoms with E-state index in [1.165, 1.54) is 50.5 Å². The van der Waals surface area contributed by atoms with Crippen LogP contribution in [0.1, 0.15) is 76.7 Å². The molecule has 0 saturated heterocycles. The molecule has 0 aromatic heterocycles. The molecule has 31 heavy (non-hydrogen) atoms. The standard InChI is InChI=1S/C28H36F2O/c1-2-6-20-9-15-24(16-10-20)25-17-18-26(28(30)27(25)29)31-19-21-11-13-23(14-12-21)22-7-4-3-5-8-22/h9-10,15-18,21-23H,2-8,11-14,19H2,1H3. The minimum absolute atomic E-state index is 0.0401. The highest BCUT2D eigenvalue weighted by Gasteiger charge is 2.29. The third-order valence-corrected chi connectivity index (χ3v) is 7.53. The van der Waals surface area contributed by atoms with E-state index >= 15 is 0 Å². The van der Waals surface area contributed by atoms with Crippen LogP contribution >= 0.6 is 0 Å². The van der Waals surface area contributed by atoms with E-state index in [-0.39, 0.29) is 5.75 Å². The van der Waals surface area contributed by atoms with Crippen molar-refractivity contribution in [2.45, 2.75) is 77.6 Å². The lowest BCUT2D eigenvalue weighted by Crippen LogP contribution is -2.26. The van der Waals surface area contributed by atoms with Gasteiger partial charge in [-0.15, -0.1) is 0 Å². The van der Waals surface area contributed by atoms with Crippen molar-refractivity contribution in [3.63, 3.8) is 0 Å². The number of halogens is 2. The summed E-state index contributed by atoms with van der Waals surface area (Å²) in [5, 5.41) is 0. The Kier molecular flexibility index (Phi) is 7.63. The van der Waals surface area contributed by atoms with Crippen LogP contribution in [0.2, 0.25) is 0 Å². The smallest absolute Gasteiger partial charge is 0.201 e. The van der Waals surface area contributed by atoms with Crippen LogP contribution in [-0.4, -0.2) is 6.61 Å². The summed E-state index contributed by atoms with van der Waals surface area (Å²) in [7, 11) is 0. The molecule has 2 aliphatic carbocycles. The summed E-state index contributed by atoms with van der Waals surface area (Å²) in [4.78, 5) is 0. The topological polar surface area (TPSA) is 9.23 Å². The van der Waals surface area contributed by atoms with E-state index in [9.17, 15) is 8.78 Å². The number of aryl methyl sites for hydroxylation is 1. The van der Waals surface area contributed by atoms with Crippen LogP contribution in [0, 0.1) is 29.4 Å². The lowest BCUT2D eigenvalue weighted by Gasteiger charge is -2.35. The number of benzene rings is 2. The Hall–Kier alpha value is -1.90. The van der Waals surface area contributed by atoms with Gasteiger partial charge in [0.1, 0.15) is 0 Å². The maximum atomic E-state index is 14.8. The van der Waals surface area contributed by atoms with Crippen molar-refractivity contribution in [2.75, 3.05) is 6.61 Å². The Labute approximate surface area is 186 Å². The molecule has 0 N–H and O–H groups in total. The first kappa shape index (κ1) is 22.3. The third kappa shape index (κ3) is 5.48. The molecule has 0 bridgehead atoms. The predicted molar refractivity (Wildman–Crippen MR) is 123 cm³/mol. The van der Waals surface area contributed by atoms with E-state index in [0.717, 1.165) is 37.5 Å². The Morgan fingerprint density at radius 2 is 1.45 bits per heavy atom. The summed E-state index contributed by atoms with van der Waals surface area (Å²) in [6.07, 6.45) is 13.9. The lowest BCUT2D eigenvalue weighted by molar-refractivity contribution is 0.133. The summed E-state index contributed by atoms with van der Waals surface area (Å²) < 4.78 is 35.2. The molecule has 0 aliphatic heterocycles. The highest BCUT2D eigenvalue weighted by molar-refractivity contribution is 5.65. The van der Waals surface area contributed by atoms with Gasteiger partial charge in [-0.3, -0.25) is 0 Å². The van der Waals surface area contributed by atoms with E-state index in [2.05, 4.69) is 6.92 Å². The Balaban J connectivity index is 1.33. The van der Waals surface area contributed by atoms with Crippen molar-refractivity contribution in [3.05, 3.63) is 53.6 Å². The summed E-state index contributed by atoms with van der Waals surface area (Å²) in [5.41, 5.74) is 2.20. The fourth-order valence-corrected chi connectivity index (χ4v) is 5.65. The zero-order chi connectivity index (χ0) is 21.6. The van der Waals surface area contributed by atoms with Crippen LogP contribution in [0.15, 0.2) is 36.4 Å². The molecule has 168 valence electrons. The van der Waals surface area contributed by atoms with Gasteiger partial charge < -0.3 is 4.74 Å².